The van der Waals surface area contributed by atoms with Gasteiger partial charge < -0.3 is 14.4 Å². The molecule has 0 aromatic carbocycles. The largest absolute Gasteiger partial charge is 0.474 e. The normalized spacial score (nSPS) is 22.4. The Kier molecular flexibility index (Phi) is 2.94. The summed E-state index contributed by atoms with van der Waals surface area (Å²) in [6.45, 7) is 0.672. The molecule has 0 saturated carbocycles. The van der Waals surface area contributed by atoms with E-state index in [0.717, 1.165) is 0 Å². The summed E-state index contributed by atoms with van der Waals surface area (Å²) in [5, 5.41) is 0. The minimum absolute atomic E-state index is 0.276. The lowest BCUT2D eigenvalue weighted by Gasteiger charge is -2.42. The van der Waals surface area contributed by atoms with Gasteiger partial charge in [0.1, 0.15) is 12.3 Å². The molecule has 7 nitrogen and oxygen atoms in total. The molecule has 1 aromatic heterocycles. The molecule has 0 bridgehead atoms. The SMILES string of the molecule is COC1(C(=O)N2CCOc3ncccc32)CS(=O)(=O)C1. The van der Waals surface area contributed by atoms with E-state index < -0.39 is 15.4 Å². The van der Waals surface area contributed by atoms with Gasteiger partial charge in [-0.05, 0) is 12.1 Å². The number of rotatable bonds is 2. The molecule has 1 fully saturated rings. The lowest BCUT2D eigenvalue weighted by atomic mass is 10.1. The topological polar surface area (TPSA) is 85.8 Å². The van der Waals surface area contributed by atoms with Crippen LogP contribution in [0.3, 0.4) is 0 Å². The molecule has 1 saturated heterocycles. The number of anilines is 1. The summed E-state index contributed by atoms with van der Waals surface area (Å²) in [5.41, 5.74) is -0.729. The van der Waals surface area contributed by atoms with Crippen LogP contribution in [0.5, 0.6) is 5.88 Å². The Morgan fingerprint density at radius 1 is 1.50 bits per heavy atom. The molecule has 0 aliphatic carbocycles. The van der Waals surface area contributed by atoms with E-state index in [-0.39, 0.29) is 17.4 Å². The van der Waals surface area contributed by atoms with Crippen molar-refractivity contribution in [3.05, 3.63) is 18.3 Å². The Morgan fingerprint density at radius 2 is 2.25 bits per heavy atom. The van der Waals surface area contributed by atoms with E-state index in [9.17, 15) is 13.2 Å². The first-order chi connectivity index (χ1) is 9.47. The number of methoxy groups -OCH3 is 1. The molecular formula is C12H14N2O5S. The Hall–Kier alpha value is -1.67. The second-order valence-corrected chi connectivity index (χ2v) is 6.93. The van der Waals surface area contributed by atoms with Crippen molar-refractivity contribution < 1.29 is 22.7 Å². The highest BCUT2D eigenvalue weighted by atomic mass is 32.2. The Labute approximate surface area is 116 Å². The molecule has 8 heteroatoms. The molecule has 0 spiro atoms. The van der Waals surface area contributed by atoms with Crippen molar-refractivity contribution in [1.29, 1.82) is 0 Å². The standard InChI is InChI=1S/C12H14N2O5S/c1-18-12(7-20(16,17)8-12)11(15)14-5-6-19-10-9(14)3-2-4-13-10/h2-4H,5-8H2,1H3. The second-order valence-electron chi connectivity index (χ2n) is 4.86. The van der Waals surface area contributed by atoms with Crippen LogP contribution in [0.15, 0.2) is 18.3 Å². The number of fused-ring (bicyclic) bond motifs is 1. The third-order valence-corrected chi connectivity index (χ3v) is 5.34. The molecule has 1 aromatic rings. The van der Waals surface area contributed by atoms with Crippen LogP contribution in [-0.2, 0) is 19.4 Å². The number of hydrogen-bond donors (Lipinski definition) is 0. The van der Waals surface area contributed by atoms with Gasteiger partial charge in [-0.3, -0.25) is 4.79 Å². The first kappa shape index (κ1) is 13.3. The van der Waals surface area contributed by atoms with Gasteiger partial charge in [0.2, 0.25) is 5.88 Å². The van der Waals surface area contributed by atoms with Crippen molar-refractivity contribution in [2.75, 3.05) is 36.7 Å². The minimum Gasteiger partial charge on any atom is -0.474 e. The first-order valence-corrected chi connectivity index (χ1v) is 7.95. The third kappa shape index (κ3) is 1.95. The molecule has 0 N–H and O–H groups in total. The maximum Gasteiger partial charge on any atom is 0.261 e. The van der Waals surface area contributed by atoms with E-state index in [4.69, 9.17) is 9.47 Å². The van der Waals surface area contributed by atoms with E-state index in [0.29, 0.717) is 24.7 Å². The zero-order valence-corrected chi connectivity index (χ0v) is 11.7. The highest BCUT2D eigenvalue weighted by Gasteiger charge is 2.57. The van der Waals surface area contributed by atoms with Crippen LogP contribution in [0.2, 0.25) is 0 Å². The lowest BCUT2D eigenvalue weighted by Crippen LogP contribution is -2.66. The van der Waals surface area contributed by atoms with E-state index in [1.54, 1.807) is 18.3 Å². The number of hydrogen-bond acceptors (Lipinski definition) is 6. The Bertz CT molecular complexity index is 646. The number of aromatic nitrogens is 1. The van der Waals surface area contributed by atoms with Gasteiger partial charge in [0.05, 0.1) is 18.1 Å². The summed E-state index contributed by atoms with van der Waals surface area (Å²) in [5.74, 6) is -0.530. The number of pyridine rings is 1. The summed E-state index contributed by atoms with van der Waals surface area (Å²) in [6, 6.07) is 3.42. The maximum atomic E-state index is 12.6. The van der Waals surface area contributed by atoms with Crippen LogP contribution in [0.25, 0.3) is 0 Å². The smallest absolute Gasteiger partial charge is 0.261 e. The van der Waals surface area contributed by atoms with Crippen molar-refractivity contribution in [2.24, 2.45) is 0 Å². The van der Waals surface area contributed by atoms with Gasteiger partial charge >= 0.3 is 0 Å². The van der Waals surface area contributed by atoms with E-state index in [1.807, 2.05) is 0 Å². The second kappa shape index (κ2) is 4.42. The van der Waals surface area contributed by atoms with Gasteiger partial charge in [0, 0.05) is 13.3 Å². The average Bonchev–Trinajstić information content (AvgIpc) is 2.43. The molecule has 3 heterocycles. The third-order valence-electron chi connectivity index (χ3n) is 3.53. The molecule has 0 radical (unpaired) electrons. The number of sulfone groups is 1. The Balaban J connectivity index is 1.93. The number of nitrogens with zero attached hydrogens (tertiary/aromatic N) is 2. The first-order valence-electron chi connectivity index (χ1n) is 6.13. The lowest BCUT2D eigenvalue weighted by molar-refractivity contribution is -0.137. The fourth-order valence-corrected chi connectivity index (χ4v) is 4.33. The van der Waals surface area contributed by atoms with Crippen LogP contribution in [0.1, 0.15) is 0 Å². The minimum atomic E-state index is -3.18. The highest BCUT2D eigenvalue weighted by Crippen LogP contribution is 2.35. The Morgan fingerprint density at radius 3 is 2.90 bits per heavy atom. The van der Waals surface area contributed by atoms with Crippen molar-refractivity contribution in [1.82, 2.24) is 4.98 Å². The quantitative estimate of drug-likeness (QED) is 0.740. The van der Waals surface area contributed by atoms with Gasteiger partial charge in [-0.15, -0.1) is 0 Å². The summed E-state index contributed by atoms with van der Waals surface area (Å²) in [4.78, 5) is 18.2. The molecular weight excluding hydrogens is 284 g/mol. The number of carbonyl (C=O) groups excluding carboxylic acids is 1. The van der Waals surface area contributed by atoms with Crippen molar-refractivity contribution in [2.45, 2.75) is 5.60 Å². The molecule has 3 rings (SSSR count). The zero-order valence-electron chi connectivity index (χ0n) is 10.9. The fraction of sp³-hybridized carbons (Fsp3) is 0.500. The van der Waals surface area contributed by atoms with Crippen molar-refractivity contribution in [3.63, 3.8) is 0 Å². The average molecular weight is 298 g/mol. The van der Waals surface area contributed by atoms with E-state index >= 15 is 0 Å². The van der Waals surface area contributed by atoms with Crippen molar-refractivity contribution in [3.8, 4) is 5.88 Å². The molecule has 108 valence electrons. The van der Waals surface area contributed by atoms with Crippen LogP contribution in [-0.4, -0.2) is 56.7 Å². The van der Waals surface area contributed by atoms with Crippen LogP contribution in [0.4, 0.5) is 5.69 Å². The van der Waals surface area contributed by atoms with E-state index in [2.05, 4.69) is 4.98 Å². The molecule has 0 atom stereocenters. The number of ether oxygens (including phenoxy) is 2. The van der Waals surface area contributed by atoms with Gasteiger partial charge in [-0.1, -0.05) is 0 Å². The fourth-order valence-electron chi connectivity index (χ4n) is 2.51. The van der Waals surface area contributed by atoms with Gasteiger partial charge in [0.25, 0.3) is 5.91 Å². The number of carbonyl (C=O) groups is 1. The molecule has 20 heavy (non-hydrogen) atoms. The highest BCUT2D eigenvalue weighted by molar-refractivity contribution is 7.93. The molecule has 2 aliphatic rings. The van der Waals surface area contributed by atoms with Crippen molar-refractivity contribution >= 4 is 21.4 Å². The van der Waals surface area contributed by atoms with Gasteiger partial charge in [-0.2, -0.15) is 0 Å². The summed E-state index contributed by atoms with van der Waals surface area (Å²) in [7, 11) is -1.82. The summed E-state index contributed by atoms with van der Waals surface area (Å²) in [6.07, 6.45) is 1.58. The summed E-state index contributed by atoms with van der Waals surface area (Å²) >= 11 is 0. The monoisotopic (exact) mass is 298 g/mol. The predicted octanol–water partition coefficient (Wildman–Crippen LogP) is -0.379. The molecule has 2 aliphatic heterocycles. The van der Waals surface area contributed by atoms with Gasteiger partial charge in [0.15, 0.2) is 15.4 Å². The number of amides is 1. The molecule has 1 amide bonds. The summed E-state index contributed by atoms with van der Waals surface area (Å²) < 4.78 is 33.4. The maximum absolute atomic E-state index is 12.6. The van der Waals surface area contributed by atoms with Gasteiger partial charge in [-0.25, -0.2) is 13.4 Å². The van der Waals surface area contributed by atoms with Crippen LogP contribution >= 0.6 is 0 Å². The molecule has 0 unspecified atom stereocenters. The van der Waals surface area contributed by atoms with Crippen LogP contribution < -0.4 is 9.64 Å². The predicted molar refractivity (Wildman–Crippen MR) is 70.5 cm³/mol. The van der Waals surface area contributed by atoms with E-state index in [1.165, 1.54) is 12.0 Å². The van der Waals surface area contributed by atoms with Crippen LogP contribution in [0, 0.1) is 0 Å². The zero-order chi connectivity index (χ0) is 14.4.